The van der Waals surface area contributed by atoms with E-state index < -0.39 is 0 Å². The first-order chi connectivity index (χ1) is 13.4. The maximum absolute atomic E-state index is 12.9. The summed E-state index contributed by atoms with van der Waals surface area (Å²) in [5.41, 5.74) is 1.53. The number of hydrogen-bond acceptors (Lipinski definition) is 5. The third-order valence-corrected chi connectivity index (χ3v) is 4.95. The number of rotatable bonds is 7. The summed E-state index contributed by atoms with van der Waals surface area (Å²) in [6.07, 6.45) is 1.57. The van der Waals surface area contributed by atoms with Crippen LogP contribution in [0, 0.1) is 6.92 Å². The molecule has 3 aromatic rings. The van der Waals surface area contributed by atoms with Gasteiger partial charge in [0, 0.05) is 13.6 Å². The molecule has 0 radical (unpaired) electrons. The molecule has 2 heterocycles. The number of benzene rings is 1. The molecule has 0 saturated heterocycles. The van der Waals surface area contributed by atoms with Crippen molar-refractivity contribution < 1.29 is 14.1 Å². The smallest absolute Gasteiger partial charge is 0.276 e. The Hall–Kier alpha value is -2.51. The highest BCUT2D eigenvalue weighted by atomic mass is 35.5. The highest BCUT2D eigenvalue weighted by molar-refractivity contribution is 6.32. The van der Waals surface area contributed by atoms with Gasteiger partial charge in [-0.2, -0.15) is 5.10 Å². The van der Waals surface area contributed by atoms with E-state index in [9.17, 15) is 4.79 Å². The normalized spacial score (nSPS) is 10.9. The summed E-state index contributed by atoms with van der Waals surface area (Å²) in [5.74, 6) is 0.741. The van der Waals surface area contributed by atoms with Gasteiger partial charge in [0.2, 0.25) is 0 Å². The second-order valence-corrected chi connectivity index (χ2v) is 7.02. The van der Waals surface area contributed by atoms with Gasteiger partial charge in [-0.05, 0) is 26.0 Å². The summed E-state index contributed by atoms with van der Waals surface area (Å²) in [6.45, 7) is 4.76. The summed E-state index contributed by atoms with van der Waals surface area (Å²) in [6, 6.07) is 7.13. The molecule has 0 fully saturated rings. The van der Waals surface area contributed by atoms with E-state index in [2.05, 4.69) is 10.3 Å². The highest BCUT2D eigenvalue weighted by Crippen LogP contribution is 2.26. The summed E-state index contributed by atoms with van der Waals surface area (Å²) in [4.78, 5) is 14.5. The standard InChI is InChI=1S/C19H20Cl2N4O3/c1-4-25-16(15(21)9-22-25)10-24(3)19(26)18-13(12(2)28-23-18)11-27-17-8-6-5-7-14(17)20/h5-9H,4,10-11H2,1-3H3. The van der Waals surface area contributed by atoms with E-state index in [-0.39, 0.29) is 18.2 Å². The van der Waals surface area contributed by atoms with Crippen molar-refractivity contribution in [2.24, 2.45) is 0 Å². The van der Waals surface area contributed by atoms with E-state index in [4.69, 9.17) is 32.5 Å². The third-order valence-electron chi connectivity index (χ3n) is 4.33. The average molecular weight is 423 g/mol. The van der Waals surface area contributed by atoms with Crippen LogP contribution < -0.4 is 4.74 Å². The van der Waals surface area contributed by atoms with Crippen LogP contribution in [0.2, 0.25) is 10.0 Å². The molecular formula is C19H20Cl2N4O3. The average Bonchev–Trinajstić information content (AvgIpc) is 3.23. The monoisotopic (exact) mass is 422 g/mol. The number of ether oxygens (including phenoxy) is 1. The lowest BCUT2D eigenvalue weighted by Crippen LogP contribution is -2.29. The second-order valence-electron chi connectivity index (χ2n) is 6.20. The van der Waals surface area contributed by atoms with Crippen LogP contribution in [0.5, 0.6) is 5.75 Å². The Bertz CT molecular complexity index is 983. The van der Waals surface area contributed by atoms with Crippen LogP contribution in [0.1, 0.15) is 34.4 Å². The summed E-state index contributed by atoms with van der Waals surface area (Å²) < 4.78 is 12.7. The number of carbonyl (C=O) groups is 1. The zero-order chi connectivity index (χ0) is 20.3. The van der Waals surface area contributed by atoms with Gasteiger partial charge in [-0.1, -0.05) is 40.5 Å². The molecule has 7 nitrogen and oxygen atoms in total. The SMILES string of the molecule is CCn1ncc(Cl)c1CN(C)C(=O)c1noc(C)c1COc1ccccc1Cl. The van der Waals surface area contributed by atoms with Crippen LogP contribution in [0.25, 0.3) is 0 Å². The number of hydrogen-bond donors (Lipinski definition) is 0. The number of amides is 1. The largest absolute Gasteiger partial charge is 0.487 e. The summed E-state index contributed by atoms with van der Waals surface area (Å²) in [7, 11) is 1.67. The molecule has 0 atom stereocenters. The molecule has 9 heteroatoms. The van der Waals surface area contributed by atoms with Crippen molar-refractivity contribution in [2.75, 3.05) is 7.05 Å². The van der Waals surface area contributed by atoms with E-state index in [1.165, 1.54) is 4.90 Å². The highest BCUT2D eigenvalue weighted by Gasteiger charge is 2.25. The van der Waals surface area contributed by atoms with Crippen LogP contribution in [-0.2, 0) is 19.7 Å². The Morgan fingerprint density at radius 1 is 1.29 bits per heavy atom. The molecule has 28 heavy (non-hydrogen) atoms. The molecule has 1 amide bonds. The van der Waals surface area contributed by atoms with Crippen molar-refractivity contribution in [3.05, 3.63) is 63.2 Å². The lowest BCUT2D eigenvalue weighted by atomic mass is 10.2. The van der Waals surface area contributed by atoms with Gasteiger partial charge in [-0.3, -0.25) is 9.48 Å². The first-order valence-electron chi connectivity index (χ1n) is 8.70. The minimum Gasteiger partial charge on any atom is -0.487 e. The van der Waals surface area contributed by atoms with Crippen LogP contribution in [0.15, 0.2) is 35.0 Å². The minimum absolute atomic E-state index is 0.113. The molecule has 0 spiro atoms. The fourth-order valence-corrected chi connectivity index (χ4v) is 3.13. The third kappa shape index (κ3) is 4.15. The number of halogens is 2. The Balaban J connectivity index is 1.77. The van der Waals surface area contributed by atoms with Crippen LogP contribution in [0.3, 0.4) is 0 Å². The van der Waals surface area contributed by atoms with Crippen molar-refractivity contribution in [1.82, 2.24) is 19.8 Å². The van der Waals surface area contributed by atoms with Crippen molar-refractivity contribution >= 4 is 29.1 Å². The van der Waals surface area contributed by atoms with Crippen molar-refractivity contribution in [2.45, 2.75) is 33.5 Å². The summed E-state index contributed by atoms with van der Waals surface area (Å²) >= 11 is 12.3. The molecule has 148 valence electrons. The maximum Gasteiger partial charge on any atom is 0.276 e. The fourth-order valence-electron chi connectivity index (χ4n) is 2.74. The number of aromatic nitrogens is 3. The van der Waals surface area contributed by atoms with Gasteiger partial charge in [0.25, 0.3) is 5.91 Å². The van der Waals surface area contributed by atoms with Gasteiger partial charge < -0.3 is 14.2 Å². The van der Waals surface area contributed by atoms with E-state index in [0.717, 1.165) is 5.69 Å². The molecule has 0 aliphatic heterocycles. The zero-order valence-corrected chi connectivity index (χ0v) is 17.3. The second kappa shape index (κ2) is 8.67. The maximum atomic E-state index is 12.9. The predicted octanol–water partition coefficient (Wildman–Crippen LogP) is 4.36. The van der Waals surface area contributed by atoms with E-state index >= 15 is 0 Å². The predicted molar refractivity (Wildman–Crippen MR) is 106 cm³/mol. The molecule has 0 saturated carbocycles. The van der Waals surface area contributed by atoms with Crippen molar-refractivity contribution in [3.8, 4) is 5.75 Å². The molecule has 0 unspecified atom stereocenters. The van der Waals surface area contributed by atoms with Gasteiger partial charge >= 0.3 is 0 Å². The molecule has 0 N–H and O–H groups in total. The number of carbonyl (C=O) groups excluding carboxylic acids is 1. The lowest BCUT2D eigenvalue weighted by Gasteiger charge is -2.17. The number of aryl methyl sites for hydroxylation is 2. The molecular weight excluding hydrogens is 403 g/mol. The quantitative estimate of drug-likeness (QED) is 0.565. The molecule has 0 bridgehead atoms. The topological polar surface area (TPSA) is 73.4 Å². The van der Waals surface area contributed by atoms with Crippen molar-refractivity contribution in [3.63, 3.8) is 0 Å². The molecule has 3 rings (SSSR count). The van der Waals surface area contributed by atoms with E-state index in [1.54, 1.807) is 37.0 Å². The number of para-hydroxylation sites is 1. The van der Waals surface area contributed by atoms with Crippen LogP contribution in [0.4, 0.5) is 0 Å². The van der Waals surface area contributed by atoms with Gasteiger partial charge in [-0.15, -0.1) is 0 Å². The first-order valence-corrected chi connectivity index (χ1v) is 9.46. The van der Waals surface area contributed by atoms with Crippen LogP contribution in [-0.4, -0.2) is 32.8 Å². The number of nitrogens with zero attached hydrogens (tertiary/aromatic N) is 4. The lowest BCUT2D eigenvalue weighted by molar-refractivity contribution is 0.0769. The molecule has 0 aliphatic carbocycles. The fraction of sp³-hybridized carbons (Fsp3) is 0.316. The Morgan fingerprint density at radius 2 is 2.04 bits per heavy atom. The van der Waals surface area contributed by atoms with E-state index in [1.807, 2.05) is 19.1 Å². The van der Waals surface area contributed by atoms with Crippen LogP contribution >= 0.6 is 23.2 Å². The minimum atomic E-state index is -0.297. The van der Waals surface area contributed by atoms with E-state index in [0.29, 0.717) is 40.2 Å². The van der Waals surface area contributed by atoms with Gasteiger partial charge in [0.05, 0.1) is 34.0 Å². The Kier molecular flexibility index (Phi) is 6.26. The zero-order valence-electron chi connectivity index (χ0n) is 15.8. The van der Waals surface area contributed by atoms with Crippen molar-refractivity contribution in [1.29, 1.82) is 0 Å². The first kappa shape index (κ1) is 20.2. The molecule has 1 aromatic carbocycles. The molecule has 2 aromatic heterocycles. The van der Waals surface area contributed by atoms with Gasteiger partial charge in [0.1, 0.15) is 18.1 Å². The Labute approximate surface area is 172 Å². The van der Waals surface area contributed by atoms with Gasteiger partial charge in [0.15, 0.2) is 5.69 Å². The molecule has 0 aliphatic rings. The van der Waals surface area contributed by atoms with Gasteiger partial charge in [-0.25, -0.2) is 0 Å². The summed E-state index contributed by atoms with van der Waals surface area (Å²) in [5, 5.41) is 9.13. The Morgan fingerprint density at radius 3 is 2.75 bits per heavy atom.